The zero-order valence-corrected chi connectivity index (χ0v) is 14.4. The van der Waals surface area contributed by atoms with E-state index in [1.807, 2.05) is 30.8 Å². The second-order valence-corrected chi connectivity index (χ2v) is 6.83. The molecule has 1 aliphatic heterocycles. The number of hydrogen-bond acceptors (Lipinski definition) is 7. The Morgan fingerprint density at radius 1 is 1.17 bits per heavy atom. The van der Waals surface area contributed by atoms with Crippen LogP contribution in [0, 0.1) is 18.3 Å². The van der Waals surface area contributed by atoms with Gasteiger partial charge >= 0.3 is 0 Å². The van der Waals surface area contributed by atoms with Crippen molar-refractivity contribution in [2.45, 2.75) is 6.92 Å². The summed E-state index contributed by atoms with van der Waals surface area (Å²) in [5, 5.41) is 14.3. The van der Waals surface area contributed by atoms with E-state index in [1.165, 1.54) is 4.70 Å². The number of fused-ring (bicyclic) bond motifs is 1. The molecule has 3 aromatic heterocycles. The van der Waals surface area contributed by atoms with Crippen molar-refractivity contribution < 1.29 is 0 Å². The highest BCUT2D eigenvalue weighted by molar-refractivity contribution is 7.22. The maximum absolute atomic E-state index is 8.86. The maximum atomic E-state index is 8.86. The van der Waals surface area contributed by atoms with Crippen LogP contribution < -0.4 is 9.80 Å². The predicted octanol–water partition coefficient (Wildman–Crippen LogP) is 1.93. The van der Waals surface area contributed by atoms with Crippen LogP contribution in [0.3, 0.4) is 0 Å². The van der Waals surface area contributed by atoms with Gasteiger partial charge in [-0.2, -0.15) is 10.4 Å². The number of anilines is 2. The zero-order valence-electron chi connectivity index (χ0n) is 13.6. The second-order valence-electron chi connectivity index (χ2n) is 5.85. The van der Waals surface area contributed by atoms with Crippen molar-refractivity contribution in [3.05, 3.63) is 29.6 Å². The van der Waals surface area contributed by atoms with Gasteiger partial charge in [0, 0.05) is 39.4 Å². The van der Waals surface area contributed by atoms with Gasteiger partial charge in [-0.05, 0) is 19.1 Å². The quantitative estimate of drug-likeness (QED) is 0.710. The lowest BCUT2D eigenvalue weighted by Gasteiger charge is -2.35. The highest BCUT2D eigenvalue weighted by Gasteiger charge is 2.22. The van der Waals surface area contributed by atoms with E-state index in [4.69, 9.17) is 10.2 Å². The Morgan fingerprint density at radius 3 is 2.54 bits per heavy atom. The van der Waals surface area contributed by atoms with E-state index in [1.54, 1.807) is 17.5 Å². The molecule has 24 heavy (non-hydrogen) atoms. The number of piperazine rings is 1. The minimum Gasteiger partial charge on any atom is -0.353 e. The summed E-state index contributed by atoms with van der Waals surface area (Å²) in [6.45, 7) is 5.64. The number of aryl methyl sites for hydroxylation is 2. The molecule has 4 heterocycles. The minimum atomic E-state index is 0.593. The van der Waals surface area contributed by atoms with Crippen LogP contribution in [0.2, 0.25) is 0 Å². The Balaban J connectivity index is 1.48. The van der Waals surface area contributed by atoms with Crippen LogP contribution >= 0.6 is 11.3 Å². The number of pyridine rings is 1. The number of thiazole rings is 1. The lowest BCUT2D eigenvalue weighted by Crippen LogP contribution is -2.46. The monoisotopic (exact) mass is 339 g/mol. The molecule has 0 atom stereocenters. The molecule has 0 radical (unpaired) electrons. The molecule has 122 valence electrons. The molecule has 3 aromatic rings. The molecule has 0 saturated carbocycles. The van der Waals surface area contributed by atoms with Crippen molar-refractivity contribution in [2.24, 2.45) is 7.05 Å². The van der Waals surface area contributed by atoms with E-state index >= 15 is 0 Å². The first-order valence-electron chi connectivity index (χ1n) is 7.82. The van der Waals surface area contributed by atoms with Gasteiger partial charge in [-0.15, -0.1) is 0 Å². The Bertz CT molecular complexity index is 876. The SMILES string of the molecule is Cc1nn(C)c2nc(N3CCN(c4ccc(C#N)cn4)CC3)sc12. The highest BCUT2D eigenvalue weighted by Crippen LogP contribution is 2.31. The normalized spacial score (nSPS) is 15.0. The van der Waals surface area contributed by atoms with Crippen molar-refractivity contribution in [3.8, 4) is 6.07 Å². The van der Waals surface area contributed by atoms with Gasteiger partial charge in [0.05, 0.1) is 16.0 Å². The second kappa shape index (κ2) is 5.76. The van der Waals surface area contributed by atoms with E-state index in [9.17, 15) is 0 Å². The Kier molecular flexibility index (Phi) is 3.58. The Morgan fingerprint density at radius 2 is 1.92 bits per heavy atom. The Labute approximate surface area is 143 Å². The lowest BCUT2D eigenvalue weighted by atomic mass is 10.3. The molecule has 7 nitrogen and oxygen atoms in total. The van der Waals surface area contributed by atoms with Gasteiger partial charge in [-0.25, -0.2) is 14.6 Å². The fourth-order valence-electron chi connectivity index (χ4n) is 2.98. The number of aromatic nitrogens is 4. The van der Waals surface area contributed by atoms with Crippen LogP contribution in [-0.4, -0.2) is 45.9 Å². The van der Waals surface area contributed by atoms with Crippen molar-refractivity contribution in [1.29, 1.82) is 5.26 Å². The molecule has 1 fully saturated rings. The van der Waals surface area contributed by atoms with Crippen LogP contribution in [0.5, 0.6) is 0 Å². The largest absolute Gasteiger partial charge is 0.353 e. The molecular weight excluding hydrogens is 322 g/mol. The third-order valence-corrected chi connectivity index (χ3v) is 5.50. The van der Waals surface area contributed by atoms with Gasteiger partial charge in [0.25, 0.3) is 0 Å². The third kappa shape index (κ3) is 2.47. The first-order chi connectivity index (χ1) is 11.7. The number of hydrogen-bond donors (Lipinski definition) is 0. The molecule has 0 N–H and O–H groups in total. The average Bonchev–Trinajstić information content (AvgIpc) is 3.17. The van der Waals surface area contributed by atoms with Crippen molar-refractivity contribution in [3.63, 3.8) is 0 Å². The van der Waals surface area contributed by atoms with E-state index in [-0.39, 0.29) is 0 Å². The summed E-state index contributed by atoms with van der Waals surface area (Å²) in [7, 11) is 1.94. The van der Waals surface area contributed by atoms with Crippen LogP contribution in [-0.2, 0) is 7.05 Å². The topological polar surface area (TPSA) is 73.9 Å². The van der Waals surface area contributed by atoms with Gasteiger partial charge in [0.15, 0.2) is 10.8 Å². The van der Waals surface area contributed by atoms with Crippen LogP contribution in [0.1, 0.15) is 11.3 Å². The van der Waals surface area contributed by atoms with Gasteiger partial charge in [-0.3, -0.25) is 0 Å². The van der Waals surface area contributed by atoms with E-state index in [2.05, 4.69) is 26.0 Å². The third-order valence-electron chi connectivity index (χ3n) is 4.28. The average molecular weight is 339 g/mol. The predicted molar refractivity (Wildman–Crippen MR) is 94.5 cm³/mol. The molecule has 0 spiro atoms. The molecule has 1 aliphatic rings. The molecule has 4 rings (SSSR count). The molecule has 0 aliphatic carbocycles. The van der Waals surface area contributed by atoms with Crippen LogP contribution in [0.15, 0.2) is 18.3 Å². The van der Waals surface area contributed by atoms with E-state index in [0.29, 0.717) is 5.56 Å². The molecule has 0 unspecified atom stereocenters. The standard InChI is InChI=1S/C16H17N7S/c1-11-14-15(21(2)20-11)19-16(24-14)23-7-5-22(6-8-23)13-4-3-12(9-17)10-18-13/h3-4,10H,5-8H2,1-2H3. The van der Waals surface area contributed by atoms with Gasteiger partial charge in [0.1, 0.15) is 11.9 Å². The molecular formula is C16H17N7S. The summed E-state index contributed by atoms with van der Waals surface area (Å²) in [6, 6.07) is 5.84. The maximum Gasteiger partial charge on any atom is 0.188 e. The molecule has 8 heteroatoms. The summed E-state index contributed by atoms with van der Waals surface area (Å²) < 4.78 is 3.02. The zero-order chi connectivity index (χ0) is 16.7. The summed E-state index contributed by atoms with van der Waals surface area (Å²) in [4.78, 5) is 13.7. The van der Waals surface area contributed by atoms with Crippen LogP contribution in [0.25, 0.3) is 10.3 Å². The van der Waals surface area contributed by atoms with E-state index in [0.717, 1.165) is 48.5 Å². The van der Waals surface area contributed by atoms with Crippen molar-refractivity contribution in [2.75, 3.05) is 36.0 Å². The van der Waals surface area contributed by atoms with Crippen molar-refractivity contribution in [1.82, 2.24) is 19.7 Å². The fraction of sp³-hybridized carbons (Fsp3) is 0.375. The first-order valence-corrected chi connectivity index (χ1v) is 8.63. The van der Waals surface area contributed by atoms with E-state index < -0.39 is 0 Å². The summed E-state index contributed by atoms with van der Waals surface area (Å²) in [5.74, 6) is 0.929. The number of rotatable bonds is 2. The molecule has 1 saturated heterocycles. The van der Waals surface area contributed by atoms with Crippen molar-refractivity contribution >= 4 is 32.6 Å². The number of nitriles is 1. The lowest BCUT2D eigenvalue weighted by molar-refractivity contribution is 0.645. The molecule has 0 amide bonds. The minimum absolute atomic E-state index is 0.593. The van der Waals surface area contributed by atoms with Crippen LogP contribution in [0.4, 0.5) is 10.9 Å². The first kappa shape index (κ1) is 14.9. The van der Waals surface area contributed by atoms with Gasteiger partial charge in [-0.1, -0.05) is 11.3 Å². The summed E-state index contributed by atoms with van der Waals surface area (Å²) in [6.07, 6.45) is 1.63. The Hall–Kier alpha value is -2.66. The van der Waals surface area contributed by atoms with Gasteiger partial charge in [0.2, 0.25) is 0 Å². The summed E-state index contributed by atoms with van der Waals surface area (Å²) in [5.41, 5.74) is 2.59. The smallest absolute Gasteiger partial charge is 0.188 e. The fourth-order valence-corrected chi connectivity index (χ4v) is 4.06. The summed E-state index contributed by atoms with van der Waals surface area (Å²) >= 11 is 1.71. The highest BCUT2D eigenvalue weighted by atomic mass is 32.1. The van der Waals surface area contributed by atoms with Gasteiger partial charge < -0.3 is 9.80 Å². The number of nitrogens with zero attached hydrogens (tertiary/aromatic N) is 7. The molecule has 0 bridgehead atoms. The molecule has 0 aromatic carbocycles.